The summed E-state index contributed by atoms with van der Waals surface area (Å²) in [5.74, 6) is 0.396. The summed E-state index contributed by atoms with van der Waals surface area (Å²) in [4.78, 5) is 31.6. The second kappa shape index (κ2) is 8.09. The zero-order chi connectivity index (χ0) is 19.2. The number of anilines is 3. The first-order valence-electron chi connectivity index (χ1n) is 8.25. The monoisotopic (exact) mass is 362 g/mol. The van der Waals surface area contributed by atoms with Gasteiger partial charge < -0.3 is 15.4 Å². The van der Waals surface area contributed by atoms with Gasteiger partial charge in [0, 0.05) is 35.6 Å². The molecule has 0 bridgehead atoms. The first kappa shape index (κ1) is 18.1. The minimum absolute atomic E-state index is 0.264. The van der Waals surface area contributed by atoms with Crippen LogP contribution < -0.4 is 15.4 Å². The maximum absolute atomic E-state index is 12.4. The van der Waals surface area contributed by atoms with E-state index in [0.29, 0.717) is 22.8 Å². The smallest absolute Gasteiger partial charge is 0.308 e. The first-order chi connectivity index (χ1) is 13.0. The molecule has 3 aromatic rings. The van der Waals surface area contributed by atoms with E-state index in [2.05, 4.69) is 20.6 Å². The van der Waals surface area contributed by atoms with Crippen LogP contribution in [0.1, 0.15) is 23.0 Å². The largest absolute Gasteiger partial charge is 0.427 e. The van der Waals surface area contributed by atoms with Crippen molar-refractivity contribution in [1.29, 1.82) is 0 Å². The van der Waals surface area contributed by atoms with Gasteiger partial charge in [0.25, 0.3) is 5.91 Å². The lowest BCUT2D eigenvalue weighted by atomic mass is 10.2. The highest BCUT2D eigenvalue weighted by atomic mass is 16.5. The van der Waals surface area contributed by atoms with Gasteiger partial charge in [-0.05, 0) is 49.4 Å². The molecule has 2 aromatic carbocycles. The van der Waals surface area contributed by atoms with E-state index in [9.17, 15) is 9.59 Å². The third-order valence-electron chi connectivity index (χ3n) is 3.57. The van der Waals surface area contributed by atoms with Gasteiger partial charge in [-0.25, -0.2) is 9.97 Å². The standard InChI is InChI=1S/C20H18N4O3/c1-13-10-19(22-12-21-13)23-16-4-3-5-17(11-16)24-20(26)15-6-8-18(9-7-15)27-14(2)25/h3-12H,1-2H3,(H,24,26)(H,21,22,23). The Labute approximate surface area is 156 Å². The second-order valence-corrected chi connectivity index (χ2v) is 5.82. The van der Waals surface area contributed by atoms with Crippen molar-refractivity contribution in [2.24, 2.45) is 0 Å². The van der Waals surface area contributed by atoms with Gasteiger partial charge in [-0.1, -0.05) is 6.07 Å². The number of aromatic nitrogens is 2. The maximum atomic E-state index is 12.4. The average molecular weight is 362 g/mol. The Morgan fingerprint density at radius 2 is 1.70 bits per heavy atom. The number of ether oxygens (including phenoxy) is 1. The number of aryl methyl sites for hydroxylation is 1. The number of esters is 1. The Balaban J connectivity index is 1.68. The fourth-order valence-electron chi connectivity index (χ4n) is 2.39. The normalized spacial score (nSPS) is 10.1. The molecule has 1 heterocycles. The number of carbonyl (C=O) groups excluding carboxylic acids is 2. The Kier molecular flexibility index (Phi) is 5.41. The van der Waals surface area contributed by atoms with E-state index >= 15 is 0 Å². The molecule has 136 valence electrons. The zero-order valence-corrected chi connectivity index (χ0v) is 14.9. The SMILES string of the molecule is CC(=O)Oc1ccc(C(=O)Nc2cccc(Nc3cc(C)ncn3)c2)cc1. The van der Waals surface area contributed by atoms with Gasteiger partial charge in [0.1, 0.15) is 17.9 Å². The summed E-state index contributed by atoms with van der Waals surface area (Å²) in [6.07, 6.45) is 1.49. The van der Waals surface area contributed by atoms with E-state index in [1.165, 1.54) is 13.3 Å². The van der Waals surface area contributed by atoms with Gasteiger partial charge in [-0.3, -0.25) is 9.59 Å². The van der Waals surface area contributed by atoms with E-state index in [4.69, 9.17) is 4.74 Å². The van der Waals surface area contributed by atoms with Crippen LogP contribution in [0.15, 0.2) is 60.9 Å². The molecule has 0 saturated heterocycles. The van der Waals surface area contributed by atoms with Gasteiger partial charge in [0.2, 0.25) is 0 Å². The van der Waals surface area contributed by atoms with Crippen molar-refractivity contribution in [3.63, 3.8) is 0 Å². The van der Waals surface area contributed by atoms with Gasteiger partial charge in [0.15, 0.2) is 0 Å². The van der Waals surface area contributed by atoms with Crippen molar-refractivity contribution in [3.8, 4) is 5.75 Å². The van der Waals surface area contributed by atoms with Crippen molar-refractivity contribution < 1.29 is 14.3 Å². The van der Waals surface area contributed by atoms with Crippen LogP contribution in [-0.4, -0.2) is 21.8 Å². The molecule has 0 fully saturated rings. The molecular weight excluding hydrogens is 344 g/mol. The highest BCUT2D eigenvalue weighted by Crippen LogP contribution is 2.20. The Morgan fingerprint density at radius 3 is 2.41 bits per heavy atom. The third kappa shape index (κ3) is 5.12. The van der Waals surface area contributed by atoms with Gasteiger partial charge in [-0.2, -0.15) is 0 Å². The minimum Gasteiger partial charge on any atom is -0.427 e. The molecule has 0 aliphatic heterocycles. The van der Waals surface area contributed by atoms with Crippen molar-refractivity contribution >= 4 is 29.1 Å². The molecule has 1 aromatic heterocycles. The number of hydrogen-bond acceptors (Lipinski definition) is 6. The van der Waals surface area contributed by atoms with E-state index in [-0.39, 0.29) is 5.91 Å². The average Bonchev–Trinajstić information content (AvgIpc) is 2.62. The fourth-order valence-corrected chi connectivity index (χ4v) is 2.39. The summed E-state index contributed by atoms with van der Waals surface area (Å²) in [5.41, 5.74) is 2.74. The number of nitrogens with one attached hydrogen (secondary N) is 2. The van der Waals surface area contributed by atoms with Crippen LogP contribution in [0.5, 0.6) is 5.75 Å². The number of hydrogen-bond donors (Lipinski definition) is 2. The van der Waals surface area contributed by atoms with Crippen LogP contribution in [0.2, 0.25) is 0 Å². The second-order valence-electron chi connectivity index (χ2n) is 5.82. The summed E-state index contributed by atoms with van der Waals surface area (Å²) in [6.45, 7) is 3.21. The van der Waals surface area contributed by atoms with Crippen molar-refractivity contribution in [3.05, 3.63) is 72.2 Å². The molecule has 7 heteroatoms. The molecule has 7 nitrogen and oxygen atoms in total. The molecule has 3 rings (SSSR count). The van der Waals surface area contributed by atoms with Crippen molar-refractivity contribution in [2.45, 2.75) is 13.8 Å². The van der Waals surface area contributed by atoms with Crippen molar-refractivity contribution in [2.75, 3.05) is 10.6 Å². The highest BCUT2D eigenvalue weighted by molar-refractivity contribution is 6.04. The third-order valence-corrected chi connectivity index (χ3v) is 3.57. The lowest BCUT2D eigenvalue weighted by Crippen LogP contribution is -2.12. The fraction of sp³-hybridized carbons (Fsp3) is 0.100. The molecule has 2 N–H and O–H groups in total. The number of nitrogens with zero attached hydrogens (tertiary/aromatic N) is 2. The van der Waals surface area contributed by atoms with E-state index in [0.717, 1.165) is 11.4 Å². The van der Waals surface area contributed by atoms with E-state index < -0.39 is 5.97 Å². The predicted molar refractivity (Wildman–Crippen MR) is 102 cm³/mol. The minimum atomic E-state index is -0.407. The number of rotatable bonds is 5. The van der Waals surface area contributed by atoms with Crippen LogP contribution in [0.25, 0.3) is 0 Å². The molecule has 0 atom stereocenters. The van der Waals surface area contributed by atoms with Gasteiger partial charge in [0.05, 0.1) is 0 Å². The quantitative estimate of drug-likeness (QED) is 0.531. The molecule has 0 aliphatic carbocycles. The summed E-state index contributed by atoms with van der Waals surface area (Å²) >= 11 is 0. The molecule has 1 amide bonds. The van der Waals surface area contributed by atoms with Crippen LogP contribution >= 0.6 is 0 Å². The number of amides is 1. The van der Waals surface area contributed by atoms with E-state index in [1.807, 2.05) is 31.2 Å². The number of benzene rings is 2. The maximum Gasteiger partial charge on any atom is 0.308 e. The zero-order valence-electron chi connectivity index (χ0n) is 14.9. The lowest BCUT2D eigenvalue weighted by molar-refractivity contribution is -0.131. The van der Waals surface area contributed by atoms with Crippen LogP contribution in [0.3, 0.4) is 0 Å². The van der Waals surface area contributed by atoms with Crippen LogP contribution in [0, 0.1) is 6.92 Å². The molecule has 0 aliphatic rings. The van der Waals surface area contributed by atoms with Crippen molar-refractivity contribution in [1.82, 2.24) is 9.97 Å². The summed E-state index contributed by atoms with van der Waals surface area (Å²) < 4.78 is 4.96. The summed E-state index contributed by atoms with van der Waals surface area (Å²) in [7, 11) is 0. The predicted octanol–water partition coefficient (Wildman–Crippen LogP) is 3.71. The van der Waals surface area contributed by atoms with Crippen LogP contribution in [-0.2, 0) is 4.79 Å². The van der Waals surface area contributed by atoms with Gasteiger partial charge >= 0.3 is 5.97 Å². The highest BCUT2D eigenvalue weighted by Gasteiger charge is 2.08. The van der Waals surface area contributed by atoms with Gasteiger partial charge in [-0.15, -0.1) is 0 Å². The molecule has 0 saturated carbocycles. The Hall–Kier alpha value is -3.74. The molecule has 27 heavy (non-hydrogen) atoms. The summed E-state index contributed by atoms with van der Waals surface area (Å²) in [6, 6.07) is 15.5. The molecular formula is C20H18N4O3. The lowest BCUT2D eigenvalue weighted by Gasteiger charge is -2.10. The molecule has 0 spiro atoms. The van der Waals surface area contributed by atoms with Crippen LogP contribution in [0.4, 0.5) is 17.2 Å². The topological polar surface area (TPSA) is 93.2 Å². The summed E-state index contributed by atoms with van der Waals surface area (Å²) in [5, 5.41) is 6.01. The van der Waals surface area contributed by atoms with E-state index in [1.54, 1.807) is 30.3 Å². The Bertz CT molecular complexity index is 971. The Morgan fingerprint density at radius 1 is 0.963 bits per heavy atom. The first-order valence-corrected chi connectivity index (χ1v) is 8.25. The number of carbonyl (C=O) groups is 2. The molecule has 0 unspecified atom stereocenters. The molecule has 0 radical (unpaired) electrons.